The van der Waals surface area contributed by atoms with Gasteiger partial charge in [0, 0.05) is 38.6 Å². The second kappa shape index (κ2) is 6.77. The topological polar surface area (TPSA) is 110 Å². The van der Waals surface area contributed by atoms with Crippen LogP contribution in [0, 0.1) is 0 Å². The van der Waals surface area contributed by atoms with Gasteiger partial charge >= 0.3 is 0 Å². The molecule has 11 heteroatoms. The quantitative estimate of drug-likeness (QED) is 0.628. The highest BCUT2D eigenvalue weighted by Gasteiger charge is 2.29. The number of aromatic nitrogens is 6. The van der Waals surface area contributed by atoms with Crippen LogP contribution in [-0.4, -0.2) is 69.1 Å². The molecule has 4 rings (SSSR count). The molecule has 0 unspecified atom stereocenters. The van der Waals surface area contributed by atoms with Crippen LogP contribution in [0.2, 0.25) is 0 Å². The van der Waals surface area contributed by atoms with E-state index < -0.39 is 10.0 Å². The fourth-order valence-corrected chi connectivity index (χ4v) is 4.29. The third-order valence-corrected chi connectivity index (χ3v) is 6.08. The van der Waals surface area contributed by atoms with E-state index in [0.717, 1.165) is 5.82 Å². The van der Waals surface area contributed by atoms with Crippen molar-refractivity contribution in [2.45, 2.75) is 4.90 Å². The van der Waals surface area contributed by atoms with Crippen molar-refractivity contribution in [1.82, 2.24) is 34.5 Å². The summed E-state index contributed by atoms with van der Waals surface area (Å²) < 4.78 is 28.8. The molecule has 1 aliphatic heterocycles. The molecule has 0 N–H and O–H groups in total. The Labute approximate surface area is 150 Å². The Morgan fingerprint density at radius 3 is 2.58 bits per heavy atom. The molecule has 3 aromatic rings. The van der Waals surface area contributed by atoms with Gasteiger partial charge in [0.15, 0.2) is 0 Å². The van der Waals surface area contributed by atoms with E-state index in [1.165, 1.54) is 15.3 Å². The third-order valence-electron chi connectivity index (χ3n) is 4.18. The van der Waals surface area contributed by atoms with Gasteiger partial charge in [-0.1, -0.05) is 6.07 Å². The Morgan fingerprint density at radius 2 is 1.88 bits per heavy atom. The summed E-state index contributed by atoms with van der Waals surface area (Å²) in [6, 6.07) is 6.58. The van der Waals surface area contributed by atoms with Crippen LogP contribution in [0.1, 0.15) is 0 Å². The van der Waals surface area contributed by atoms with Crippen LogP contribution < -0.4 is 4.90 Å². The van der Waals surface area contributed by atoms with Crippen molar-refractivity contribution < 1.29 is 8.42 Å². The summed E-state index contributed by atoms with van der Waals surface area (Å²) in [5, 5.41) is 10.9. The van der Waals surface area contributed by atoms with Gasteiger partial charge in [-0.2, -0.15) is 4.31 Å². The smallest absolute Gasteiger partial charge is 0.243 e. The zero-order chi connectivity index (χ0) is 18.0. The highest BCUT2D eigenvalue weighted by Crippen LogP contribution is 2.21. The van der Waals surface area contributed by atoms with Crippen LogP contribution in [0.25, 0.3) is 5.69 Å². The fraction of sp³-hybridized carbons (Fsp3) is 0.267. The average molecular weight is 372 g/mol. The Balaban J connectivity index is 1.52. The molecule has 3 heterocycles. The summed E-state index contributed by atoms with van der Waals surface area (Å²) in [6.45, 7) is 1.89. The Morgan fingerprint density at radius 1 is 1.04 bits per heavy atom. The summed E-state index contributed by atoms with van der Waals surface area (Å²) in [5.74, 6) is 0.755. The second-order valence-corrected chi connectivity index (χ2v) is 7.64. The van der Waals surface area contributed by atoms with E-state index in [-0.39, 0.29) is 4.90 Å². The maximum absolute atomic E-state index is 13.0. The minimum Gasteiger partial charge on any atom is -0.353 e. The molecule has 0 atom stereocenters. The molecule has 1 fully saturated rings. The van der Waals surface area contributed by atoms with E-state index in [1.807, 2.05) is 4.90 Å². The highest BCUT2D eigenvalue weighted by atomic mass is 32.2. The molecule has 134 valence electrons. The van der Waals surface area contributed by atoms with Gasteiger partial charge in [0.05, 0.1) is 16.8 Å². The first-order valence-electron chi connectivity index (χ1n) is 7.99. The molecule has 1 aromatic carbocycles. The van der Waals surface area contributed by atoms with E-state index in [1.54, 1.807) is 42.9 Å². The van der Waals surface area contributed by atoms with Gasteiger partial charge in [0.25, 0.3) is 0 Å². The minimum atomic E-state index is -3.59. The first kappa shape index (κ1) is 16.5. The number of hydrogen-bond acceptors (Lipinski definition) is 8. The van der Waals surface area contributed by atoms with Crippen molar-refractivity contribution in [2.75, 3.05) is 31.1 Å². The lowest BCUT2D eigenvalue weighted by atomic mass is 10.3. The van der Waals surface area contributed by atoms with Crippen molar-refractivity contribution in [3.8, 4) is 5.69 Å². The molecule has 10 nitrogen and oxygen atoms in total. The van der Waals surface area contributed by atoms with Crippen LogP contribution >= 0.6 is 0 Å². The number of benzene rings is 1. The van der Waals surface area contributed by atoms with E-state index in [4.69, 9.17) is 0 Å². The van der Waals surface area contributed by atoms with Crippen LogP contribution in [0.4, 0.5) is 5.82 Å². The van der Waals surface area contributed by atoms with Crippen molar-refractivity contribution in [3.63, 3.8) is 0 Å². The predicted octanol–water partition coefficient (Wildman–Crippen LogP) is -0.0368. The average Bonchev–Trinajstić information content (AvgIpc) is 3.24. The molecule has 2 aromatic heterocycles. The summed E-state index contributed by atoms with van der Waals surface area (Å²) in [6.07, 6.45) is 6.34. The lowest BCUT2D eigenvalue weighted by Crippen LogP contribution is -2.48. The van der Waals surface area contributed by atoms with E-state index in [0.29, 0.717) is 31.9 Å². The summed E-state index contributed by atoms with van der Waals surface area (Å²) in [7, 11) is -3.59. The molecule has 0 amide bonds. The van der Waals surface area contributed by atoms with E-state index >= 15 is 0 Å². The first-order chi connectivity index (χ1) is 12.6. The Bertz CT molecular complexity index is 970. The fourth-order valence-electron chi connectivity index (χ4n) is 2.83. The normalized spacial score (nSPS) is 15.9. The standard InChI is InChI=1S/C15H16N8O2S/c24-26(25,14-3-1-2-13(10-14)23-12-18-19-20-23)22-8-6-21(7-9-22)15-11-16-4-5-17-15/h1-5,10-12H,6-9H2. The molecule has 26 heavy (non-hydrogen) atoms. The monoisotopic (exact) mass is 372 g/mol. The van der Waals surface area contributed by atoms with Gasteiger partial charge in [-0.05, 0) is 28.6 Å². The number of rotatable bonds is 4. The van der Waals surface area contributed by atoms with Gasteiger partial charge in [-0.25, -0.2) is 18.1 Å². The molecular formula is C15H16N8O2S. The van der Waals surface area contributed by atoms with Crippen LogP contribution in [0.15, 0.2) is 54.1 Å². The molecule has 0 radical (unpaired) electrons. The zero-order valence-corrected chi connectivity index (χ0v) is 14.6. The van der Waals surface area contributed by atoms with Crippen molar-refractivity contribution in [3.05, 3.63) is 49.2 Å². The van der Waals surface area contributed by atoms with Crippen molar-refractivity contribution in [1.29, 1.82) is 0 Å². The summed E-state index contributed by atoms with van der Waals surface area (Å²) in [4.78, 5) is 10.6. The Hall–Kier alpha value is -2.92. The van der Waals surface area contributed by atoms with E-state index in [9.17, 15) is 8.42 Å². The molecule has 0 saturated carbocycles. The molecule has 1 saturated heterocycles. The lowest BCUT2D eigenvalue weighted by Gasteiger charge is -2.34. The molecule has 0 aliphatic carbocycles. The van der Waals surface area contributed by atoms with Crippen LogP contribution in [0.5, 0.6) is 0 Å². The zero-order valence-electron chi connectivity index (χ0n) is 13.7. The largest absolute Gasteiger partial charge is 0.353 e. The van der Waals surface area contributed by atoms with Gasteiger partial charge in [-0.15, -0.1) is 5.10 Å². The van der Waals surface area contributed by atoms with Crippen LogP contribution in [0.3, 0.4) is 0 Å². The predicted molar refractivity (Wildman–Crippen MR) is 92.2 cm³/mol. The van der Waals surface area contributed by atoms with Crippen molar-refractivity contribution in [2.24, 2.45) is 0 Å². The Kier molecular flexibility index (Phi) is 4.31. The van der Waals surface area contributed by atoms with Crippen molar-refractivity contribution >= 4 is 15.8 Å². The molecule has 1 aliphatic rings. The number of sulfonamides is 1. The van der Waals surface area contributed by atoms with Gasteiger partial charge in [-0.3, -0.25) is 4.98 Å². The van der Waals surface area contributed by atoms with Gasteiger partial charge in [0.1, 0.15) is 12.1 Å². The third kappa shape index (κ3) is 3.13. The number of anilines is 1. The van der Waals surface area contributed by atoms with E-state index in [2.05, 4.69) is 25.5 Å². The number of piperazine rings is 1. The van der Waals surface area contributed by atoms with Gasteiger partial charge < -0.3 is 4.90 Å². The number of hydrogen-bond donors (Lipinski definition) is 0. The number of tetrazole rings is 1. The SMILES string of the molecule is O=S(=O)(c1cccc(-n2cnnn2)c1)N1CCN(c2cnccn2)CC1. The lowest BCUT2D eigenvalue weighted by molar-refractivity contribution is 0.383. The minimum absolute atomic E-state index is 0.221. The molecular weight excluding hydrogens is 356 g/mol. The maximum atomic E-state index is 13.0. The second-order valence-electron chi connectivity index (χ2n) is 5.71. The van der Waals surface area contributed by atoms with Gasteiger partial charge in [0.2, 0.25) is 10.0 Å². The molecule has 0 bridgehead atoms. The molecule has 0 spiro atoms. The first-order valence-corrected chi connectivity index (χ1v) is 9.43. The summed E-state index contributed by atoms with van der Waals surface area (Å²) >= 11 is 0. The van der Waals surface area contributed by atoms with Crippen LogP contribution in [-0.2, 0) is 10.0 Å². The summed E-state index contributed by atoms with van der Waals surface area (Å²) in [5.41, 5.74) is 0.592. The number of nitrogens with zero attached hydrogens (tertiary/aromatic N) is 8. The highest BCUT2D eigenvalue weighted by molar-refractivity contribution is 7.89. The maximum Gasteiger partial charge on any atom is 0.243 e.